The number of hydrogen-bond acceptors (Lipinski definition) is 5. The molecule has 0 aliphatic heterocycles. The first-order valence-electron chi connectivity index (χ1n) is 8.56. The van der Waals surface area contributed by atoms with Gasteiger partial charge in [0.2, 0.25) is 5.43 Å². The Kier molecular flexibility index (Phi) is 3.88. The number of aromatic nitrogens is 1. The number of nitrogens with one attached hydrogen (secondary N) is 1. The Morgan fingerprint density at radius 1 is 1.12 bits per heavy atom. The molecule has 0 aliphatic rings. The number of fused-ring (bicyclic) bond motifs is 5. The second-order valence-corrected chi connectivity index (χ2v) is 6.01. The monoisotopic (exact) mass is 350 g/mol. The third kappa shape index (κ3) is 2.34. The number of benzene rings is 2. The summed E-state index contributed by atoms with van der Waals surface area (Å²) in [5.41, 5.74) is 4.86. The zero-order valence-electron chi connectivity index (χ0n) is 14.5. The molecule has 2 aromatic heterocycles. The van der Waals surface area contributed by atoms with Crippen LogP contribution in [-0.4, -0.2) is 10.5 Å². The molecule has 0 radical (unpaired) electrons. The summed E-state index contributed by atoms with van der Waals surface area (Å²) in [6.07, 6.45) is 1.51. The number of nitrogens with zero attached hydrogens (tertiary/aromatic N) is 1. The Labute approximate surface area is 148 Å². The van der Waals surface area contributed by atoms with Crippen molar-refractivity contribution in [2.45, 2.75) is 26.8 Å². The first kappa shape index (κ1) is 16.2. The van der Waals surface area contributed by atoms with Crippen molar-refractivity contribution in [3.8, 4) is 0 Å². The van der Waals surface area contributed by atoms with E-state index in [1.807, 2.05) is 24.3 Å². The SMILES string of the molecule is CCC(=O)ONc1coc2c(ccc3c2c2ccccc2n3CC)c1=O. The minimum Gasteiger partial charge on any atom is -0.461 e. The van der Waals surface area contributed by atoms with Crippen LogP contribution in [0.3, 0.4) is 0 Å². The van der Waals surface area contributed by atoms with E-state index in [0.29, 0.717) is 11.0 Å². The lowest BCUT2D eigenvalue weighted by molar-refractivity contribution is -0.140. The van der Waals surface area contributed by atoms with Gasteiger partial charge in [0.15, 0.2) is 5.69 Å². The average molecular weight is 350 g/mol. The maximum Gasteiger partial charge on any atom is 0.331 e. The van der Waals surface area contributed by atoms with E-state index in [4.69, 9.17) is 9.25 Å². The fraction of sp³-hybridized carbons (Fsp3) is 0.200. The maximum absolute atomic E-state index is 12.8. The predicted octanol–water partition coefficient (Wildman–Crippen LogP) is 4.20. The van der Waals surface area contributed by atoms with Crippen LogP contribution in [0.25, 0.3) is 32.8 Å². The number of anilines is 1. The molecule has 0 bridgehead atoms. The normalized spacial score (nSPS) is 11.3. The summed E-state index contributed by atoms with van der Waals surface area (Å²) < 4.78 is 8.00. The van der Waals surface area contributed by atoms with Crippen molar-refractivity contribution in [2.75, 3.05) is 5.48 Å². The molecule has 0 amide bonds. The highest BCUT2D eigenvalue weighted by atomic mass is 16.7. The molecule has 0 saturated carbocycles. The van der Waals surface area contributed by atoms with E-state index in [0.717, 1.165) is 28.4 Å². The number of aryl methyl sites for hydroxylation is 1. The van der Waals surface area contributed by atoms with Crippen molar-refractivity contribution in [2.24, 2.45) is 0 Å². The molecule has 2 aromatic carbocycles. The lowest BCUT2D eigenvalue weighted by atomic mass is 10.1. The van der Waals surface area contributed by atoms with Crippen molar-refractivity contribution in [1.29, 1.82) is 0 Å². The van der Waals surface area contributed by atoms with Crippen molar-refractivity contribution < 1.29 is 14.0 Å². The number of carbonyl (C=O) groups excluding carboxylic acids is 1. The van der Waals surface area contributed by atoms with Gasteiger partial charge in [0, 0.05) is 23.9 Å². The van der Waals surface area contributed by atoms with E-state index in [9.17, 15) is 9.59 Å². The molecule has 0 saturated heterocycles. The lowest BCUT2D eigenvalue weighted by Crippen LogP contribution is -2.15. The fourth-order valence-corrected chi connectivity index (χ4v) is 3.32. The summed E-state index contributed by atoms with van der Waals surface area (Å²) in [7, 11) is 0. The van der Waals surface area contributed by atoms with Crippen molar-refractivity contribution >= 4 is 44.4 Å². The van der Waals surface area contributed by atoms with E-state index >= 15 is 0 Å². The first-order chi connectivity index (χ1) is 12.7. The summed E-state index contributed by atoms with van der Waals surface area (Å²) in [4.78, 5) is 28.9. The van der Waals surface area contributed by atoms with Gasteiger partial charge in [-0.2, -0.15) is 0 Å². The Bertz CT molecular complexity index is 1200. The Morgan fingerprint density at radius 2 is 1.92 bits per heavy atom. The summed E-state index contributed by atoms with van der Waals surface area (Å²) in [6.45, 7) is 4.57. The lowest BCUT2D eigenvalue weighted by Gasteiger charge is -2.07. The van der Waals surface area contributed by atoms with Crippen LogP contribution in [0.4, 0.5) is 5.69 Å². The van der Waals surface area contributed by atoms with Crippen LogP contribution in [-0.2, 0) is 16.2 Å². The van der Waals surface area contributed by atoms with Crippen molar-refractivity contribution in [1.82, 2.24) is 4.57 Å². The zero-order valence-corrected chi connectivity index (χ0v) is 14.5. The van der Waals surface area contributed by atoms with Gasteiger partial charge in [0.1, 0.15) is 11.8 Å². The minimum atomic E-state index is -0.453. The molecular weight excluding hydrogens is 332 g/mol. The van der Waals surface area contributed by atoms with Gasteiger partial charge in [-0.1, -0.05) is 25.1 Å². The molecular formula is C20H18N2O4. The summed E-state index contributed by atoms with van der Waals surface area (Å²) in [5, 5.41) is 2.39. The van der Waals surface area contributed by atoms with Gasteiger partial charge in [-0.05, 0) is 25.1 Å². The maximum atomic E-state index is 12.8. The molecule has 0 spiro atoms. The fourth-order valence-electron chi connectivity index (χ4n) is 3.32. The molecule has 2 heterocycles. The van der Waals surface area contributed by atoms with E-state index < -0.39 is 5.97 Å². The van der Waals surface area contributed by atoms with Crippen LogP contribution in [0.5, 0.6) is 0 Å². The molecule has 26 heavy (non-hydrogen) atoms. The number of hydrogen-bond donors (Lipinski definition) is 1. The van der Waals surface area contributed by atoms with Crippen molar-refractivity contribution in [3.05, 3.63) is 52.9 Å². The molecule has 4 aromatic rings. The second kappa shape index (κ2) is 6.22. The van der Waals surface area contributed by atoms with Crippen LogP contribution < -0.4 is 10.9 Å². The third-order valence-electron chi connectivity index (χ3n) is 4.55. The second-order valence-electron chi connectivity index (χ2n) is 6.01. The highest BCUT2D eigenvalue weighted by Crippen LogP contribution is 2.34. The third-order valence-corrected chi connectivity index (χ3v) is 4.55. The van der Waals surface area contributed by atoms with Gasteiger partial charge in [-0.3, -0.25) is 4.79 Å². The van der Waals surface area contributed by atoms with Gasteiger partial charge < -0.3 is 13.8 Å². The molecule has 0 fully saturated rings. The van der Waals surface area contributed by atoms with Crippen LogP contribution in [0.2, 0.25) is 0 Å². The van der Waals surface area contributed by atoms with E-state index in [1.165, 1.54) is 6.26 Å². The molecule has 6 nitrogen and oxygen atoms in total. The first-order valence-corrected chi connectivity index (χ1v) is 8.56. The van der Waals surface area contributed by atoms with Crippen LogP contribution >= 0.6 is 0 Å². The minimum absolute atomic E-state index is 0.0953. The van der Waals surface area contributed by atoms with E-state index in [1.54, 1.807) is 13.0 Å². The van der Waals surface area contributed by atoms with Crippen molar-refractivity contribution in [3.63, 3.8) is 0 Å². The number of rotatable bonds is 4. The molecule has 0 atom stereocenters. The van der Waals surface area contributed by atoms with Gasteiger partial charge in [-0.15, -0.1) is 0 Å². The van der Waals surface area contributed by atoms with Crippen LogP contribution in [0.15, 0.2) is 51.9 Å². The zero-order chi connectivity index (χ0) is 18.3. The van der Waals surface area contributed by atoms with E-state index in [2.05, 4.69) is 23.0 Å². The largest absolute Gasteiger partial charge is 0.461 e. The molecule has 1 N–H and O–H groups in total. The standard InChI is InChI=1S/C20H18N2O4/c1-3-17(23)26-21-14-11-25-20-13(19(14)24)9-10-16-18(20)12-7-5-6-8-15(12)22(16)4-2/h5-11,21H,3-4H2,1-2H3. The topological polar surface area (TPSA) is 73.5 Å². The Balaban J connectivity index is 1.98. The van der Waals surface area contributed by atoms with Gasteiger partial charge in [-0.25, -0.2) is 10.3 Å². The quantitative estimate of drug-likeness (QED) is 0.558. The van der Waals surface area contributed by atoms with Gasteiger partial charge >= 0.3 is 5.97 Å². The average Bonchev–Trinajstić information content (AvgIpc) is 3.01. The Hall–Kier alpha value is -3.28. The summed E-state index contributed by atoms with van der Waals surface area (Å²) in [6, 6.07) is 11.7. The highest BCUT2D eigenvalue weighted by molar-refractivity contribution is 6.18. The van der Waals surface area contributed by atoms with Gasteiger partial charge in [0.25, 0.3) is 0 Å². The van der Waals surface area contributed by atoms with Crippen LogP contribution in [0, 0.1) is 0 Å². The van der Waals surface area contributed by atoms with E-state index in [-0.39, 0.29) is 17.5 Å². The number of carbonyl (C=O) groups is 1. The number of para-hydroxylation sites is 1. The summed E-state index contributed by atoms with van der Waals surface area (Å²) in [5.74, 6) is -0.453. The van der Waals surface area contributed by atoms with Gasteiger partial charge in [0.05, 0.1) is 16.3 Å². The molecule has 132 valence electrons. The molecule has 0 aliphatic carbocycles. The molecule has 0 unspecified atom stereocenters. The Morgan fingerprint density at radius 3 is 2.69 bits per heavy atom. The highest BCUT2D eigenvalue weighted by Gasteiger charge is 2.16. The molecule has 4 rings (SSSR count). The summed E-state index contributed by atoms with van der Waals surface area (Å²) >= 11 is 0. The predicted molar refractivity (Wildman–Crippen MR) is 101 cm³/mol. The molecule has 6 heteroatoms. The van der Waals surface area contributed by atoms with Crippen LogP contribution in [0.1, 0.15) is 20.3 Å². The smallest absolute Gasteiger partial charge is 0.331 e.